The van der Waals surface area contributed by atoms with Crippen molar-refractivity contribution < 1.29 is 17.5 Å². The molecule has 0 N–H and O–H groups in total. The minimum absolute atomic E-state index is 0.129. The first kappa shape index (κ1) is 21.8. The van der Waals surface area contributed by atoms with Crippen LogP contribution in [-0.4, -0.2) is 24.5 Å². The van der Waals surface area contributed by atoms with E-state index in [4.69, 9.17) is 4.28 Å². The lowest BCUT2D eigenvalue weighted by atomic mass is 9.70. The first-order valence-electron chi connectivity index (χ1n) is 10.1. The maximum Gasteiger partial charge on any atom is 0.331 e. The van der Waals surface area contributed by atoms with Gasteiger partial charge in [0, 0.05) is 16.7 Å². The largest absolute Gasteiger partial charge is 0.331 e. The highest BCUT2D eigenvalue weighted by Crippen LogP contribution is 2.65. The Morgan fingerprint density at radius 2 is 1.97 bits per heavy atom. The Bertz CT molecular complexity index is 1200. The lowest BCUT2D eigenvalue weighted by Gasteiger charge is -2.32. The van der Waals surface area contributed by atoms with E-state index in [0.29, 0.717) is 15.5 Å². The number of rotatable bonds is 4. The van der Waals surface area contributed by atoms with Crippen LogP contribution >= 0.6 is 11.8 Å². The second-order valence-electron chi connectivity index (χ2n) is 9.13. The topological polar surface area (TPSA) is 96.6 Å². The minimum atomic E-state index is -3.98. The lowest BCUT2D eigenvalue weighted by Crippen LogP contribution is -2.34. The predicted molar refractivity (Wildman–Crippen MR) is 121 cm³/mol. The average Bonchev–Trinajstić information content (AvgIpc) is 3.31. The second kappa shape index (κ2) is 7.35. The van der Waals surface area contributed by atoms with Crippen molar-refractivity contribution in [2.75, 3.05) is 0 Å². The van der Waals surface area contributed by atoms with Crippen LogP contribution in [-0.2, 0) is 19.2 Å². The van der Waals surface area contributed by atoms with E-state index in [1.54, 1.807) is 12.2 Å². The van der Waals surface area contributed by atoms with E-state index in [1.165, 1.54) is 11.8 Å². The molecule has 31 heavy (non-hydrogen) atoms. The first-order valence-corrected chi connectivity index (χ1v) is 12.4. The zero-order valence-electron chi connectivity index (χ0n) is 17.9. The summed E-state index contributed by atoms with van der Waals surface area (Å²) in [7, 11) is -3.98. The first-order chi connectivity index (χ1) is 14.5. The van der Waals surface area contributed by atoms with Crippen LogP contribution in [0.1, 0.15) is 44.7 Å². The highest BCUT2D eigenvalue weighted by atomic mass is 32.2. The molecular weight excluding hydrogens is 432 g/mol. The van der Waals surface area contributed by atoms with Crippen LogP contribution in [0.15, 0.2) is 46.5 Å². The maximum absolute atomic E-state index is 12.9. The monoisotopic (exact) mass is 456 g/mol. The molecule has 8 heteroatoms. The van der Waals surface area contributed by atoms with E-state index < -0.39 is 26.2 Å². The molecule has 1 aliphatic heterocycles. The Hall–Kier alpha value is -2.37. The molecule has 162 valence electrons. The highest BCUT2D eigenvalue weighted by molar-refractivity contribution is 8.18. The Morgan fingerprint density at radius 1 is 1.26 bits per heavy atom. The van der Waals surface area contributed by atoms with Crippen LogP contribution in [0.2, 0.25) is 0 Å². The molecule has 1 heterocycles. The summed E-state index contributed by atoms with van der Waals surface area (Å²) in [5.74, 6) is -0.145. The molecule has 0 saturated heterocycles. The van der Waals surface area contributed by atoms with Gasteiger partial charge in [-0.1, -0.05) is 62.0 Å². The minimum Gasteiger partial charge on any atom is -0.299 e. The fraction of sp³-hybridized carbons (Fsp3) is 0.435. The van der Waals surface area contributed by atoms with Gasteiger partial charge in [-0.25, -0.2) is 0 Å². The van der Waals surface area contributed by atoms with Gasteiger partial charge >= 0.3 is 10.1 Å². The molecule has 2 saturated carbocycles. The zero-order valence-corrected chi connectivity index (χ0v) is 19.5. The molecular formula is C23H24N2O4S2. The van der Waals surface area contributed by atoms with Crippen molar-refractivity contribution in [2.24, 2.45) is 21.9 Å². The number of Topliss-reactive ketones (excluding diaryl/α,β-unsaturated/α-hetero) is 1. The van der Waals surface area contributed by atoms with Gasteiger partial charge in [-0.15, -0.1) is 0 Å². The second-order valence-corrected chi connectivity index (χ2v) is 11.9. The Morgan fingerprint density at radius 3 is 2.55 bits per heavy atom. The summed E-state index contributed by atoms with van der Waals surface area (Å²) in [6.07, 6.45) is 3.90. The predicted octanol–water partition coefficient (Wildman–Crippen LogP) is 4.59. The molecule has 2 aliphatic carbocycles. The number of ketones is 1. The summed E-state index contributed by atoms with van der Waals surface area (Å²) in [4.78, 5) is 13.1. The van der Waals surface area contributed by atoms with Crippen LogP contribution in [0, 0.1) is 35.0 Å². The van der Waals surface area contributed by atoms with Crippen molar-refractivity contribution in [3.8, 4) is 6.07 Å². The molecule has 6 nitrogen and oxygen atoms in total. The van der Waals surface area contributed by atoms with Gasteiger partial charge in [-0.05, 0) is 48.0 Å². The molecule has 3 aliphatic rings. The maximum atomic E-state index is 12.9. The van der Waals surface area contributed by atoms with Crippen molar-refractivity contribution >= 4 is 38.3 Å². The van der Waals surface area contributed by atoms with Gasteiger partial charge in [-0.3, -0.25) is 9.08 Å². The van der Waals surface area contributed by atoms with Gasteiger partial charge in [-0.2, -0.15) is 13.7 Å². The number of nitriles is 1. The molecule has 0 amide bonds. The van der Waals surface area contributed by atoms with Gasteiger partial charge in [0.1, 0.15) is 22.1 Å². The molecule has 0 aromatic heterocycles. The van der Waals surface area contributed by atoms with Crippen LogP contribution < -0.4 is 0 Å². The third-order valence-electron chi connectivity index (χ3n) is 7.39. The van der Waals surface area contributed by atoms with Crippen molar-refractivity contribution in [1.82, 2.24) is 0 Å². The van der Waals surface area contributed by atoms with Gasteiger partial charge in [0.05, 0.1) is 5.57 Å². The third kappa shape index (κ3) is 3.35. The van der Waals surface area contributed by atoms with Crippen molar-refractivity contribution in [1.29, 1.82) is 5.26 Å². The summed E-state index contributed by atoms with van der Waals surface area (Å²) in [6.45, 7) is 7.72. The third-order valence-corrected chi connectivity index (χ3v) is 9.89. The van der Waals surface area contributed by atoms with Crippen LogP contribution in [0.25, 0.3) is 5.57 Å². The fourth-order valence-corrected chi connectivity index (χ4v) is 7.57. The molecule has 2 fully saturated rings. The molecule has 4 rings (SSSR count). The van der Waals surface area contributed by atoms with Gasteiger partial charge in [0.15, 0.2) is 0 Å². The van der Waals surface area contributed by atoms with Gasteiger partial charge in [0.2, 0.25) is 0 Å². The number of carbonyl (C=O) groups excluding carboxylic acids is 1. The summed E-state index contributed by atoms with van der Waals surface area (Å²) in [6, 6.07) is 9.83. The Labute approximate surface area is 187 Å². The van der Waals surface area contributed by atoms with E-state index in [9.17, 15) is 18.5 Å². The Kier molecular flexibility index (Phi) is 5.18. The van der Waals surface area contributed by atoms with Crippen LogP contribution in [0.5, 0.6) is 0 Å². The number of nitrogens with zero attached hydrogens (tertiary/aromatic N) is 2. The number of fused-ring (bicyclic) bond motifs is 2. The quantitative estimate of drug-likeness (QED) is 0.486. The lowest BCUT2D eigenvalue weighted by molar-refractivity contribution is -0.128. The summed E-state index contributed by atoms with van der Waals surface area (Å²) in [5, 5.41) is 13.1. The van der Waals surface area contributed by atoms with Crippen LogP contribution in [0.4, 0.5) is 0 Å². The zero-order chi connectivity index (χ0) is 22.6. The molecule has 3 unspecified atom stereocenters. The number of hydrogen-bond acceptors (Lipinski definition) is 7. The molecule has 2 bridgehead atoms. The SMILES string of the molecule is Cc1ccccc1/C(C#N)=C1C=C/C(=N/OS(=O)(=O)C2CC3(C)C(=O)CC2C3(C)C)S/1. The molecule has 0 radical (unpaired) electrons. The molecule has 0 spiro atoms. The molecule has 3 atom stereocenters. The fourth-order valence-electron chi connectivity index (χ4n) is 5.03. The van der Waals surface area contributed by atoms with Crippen molar-refractivity contribution in [2.45, 2.75) is 45.8 Å². The smallest absolute Gasteiger partial charge is 0.299 e. The van der Waals surface area contributed by atoms with E-state index in [2.05, 4.69) is 11.2 Å². The van der Waals surface area contributed by atoms with E-state index in [-0.39, 0.29) is 24.5 Å². The molecule has 1 aromatic rings. The normalized spacial score (nSPS) is 31.8. The van der Waals surface area contributed by atoms with Gasteiger partial charge < -0.3 is 0 Å². The summed E-state index contributed by atoms with van der Waals surface area (Å²) >= 11 is 1.20. The van der Waals surface area contributed by atoms with E-state index in [1.807, 2.05) is 52.0 Å². The number of benzene rings is 1. The number of allylic oxidation sites excluding steroid dienone is 2. The highest BCUT2D eigenvalue weighted by Gasteiger charge is 2.68. The van der Waals surface area contributed by atoms with E-state index in [0.717, 1.165) is 11.1 Å². The number of aryl methyl sites for hydroxylation is 1. The summed E-state index contributed by atoms with van der Waals surface area (Å²) < 4.78 is 30.9. The van der Waals surface area contributed by atoms with E-state index >= 15 is 0 Å². The number of thioether (sulfide) groups is 1. The average molecular weight is 457 g/mol. The van der Waals surface area contributed by atoms with Crippen LogP contribution in [0.3, 0.4) is 0 Å². The number of oxime groups is 1. The summed E-state index contributed by atoms with van der Waals surface area (Å²) in [5.41, 5.74) is 1.26. The van der Waals surface area contributed by atoms with Gasteiger partial charge in [0.25, 0.3) is 0 Å². The van der Waals surface area contributed by atoms with Crippen molar-refractivity contribution in [3.63, 3.8) is 0 Å². The Balaban J connectivity index is 1.53. The standard InChI is InChI=1S/C23H24N2O4S2/c1-14-7-5-6-8-15(14)16(13-24)18-9-10-21(30-18)25-29-31(27,28)19-12-23(4)20(26)11-17(19)22(23,2)3/h5-10,17,19H,11-12H2,1-4H3/b18-16-,25-21-. The molecule has 1 aromatic carbocycles. The number of carbonyl (C=O) groups is 1. The van der Waals surface area contributed by atoms with Crippen molar-refractivity contribution in [3.05, 3.63) is 52.4 Å². The number of hydrogen-bond donors (Lipinski definition) is 0.